The molecule has 0 saturated carbocycles. The number of oxazole rings is 1. The third-order valence-electron chi connectivity index (χ3n) is 0.630. The van der Waals surface area contributed by atoms with Crippen molar-refractivity contribution < 1.29 is 8.94 Å². The van der Waals surface area contributed by atoms with Gasteiger partial charge < -0.3 is 8.94 Å². The van der Waals surface area contributed by atoms with Crippen molar-refractivity contribution in [1.82, 2.24) is 15.1 Å². The lowest BCUT2D eigenvalue weighted by Gasteiger charge is -2.05. The number of rotatable bonds is 0. The Kier molecular flexibility index (Phi) is 11.6. The molecule has 0 fully saturated rings. The van der Waals surface area contributed by atoms with Crippen LogP contribution in [-0.4, -0.2) is 15.1 Å². The molecule has 0 amide bonds. The van der Waals surface area contributed by atoms with E-state index in [4.69, 9.17) is 0 Å². The molecule has 0 spiro atoms. The lowest BCUT2D eigenvalue weighted by molar-refractivity contribution is 0.416. The molecular weight excluding hydrogens is 254 g/mol. The Morgan fingerprint density at radius 3 is 1.35 bits per heavy atom. The van der Waals surface area contributed by atoms with Crippen LogP contribution in [0.4, 0.5) is 0 Å². The monoisotopic (exact) mass is 283 g/mol. The highest BCUT2D eigenvalue weighted by molar-refractivity contribution is 4.56. The predicted octanol–water partition coefficient (Wildman–Crippen LogP) is 4.85. The largest absolute Gasteiger partial charge is 0.452 e. The number of aromatic nitrogens is 3. The van der Waals surface area contributed by atoms with Crippen LogP contribution < -0.4 is 0 Å². The zero-order valence-electron chi connectivity index (χ0n) is 14.0. The molecule has 0 atom stereocenters. The second kappa shape index (κ2) is 11.2. The van der Waals surface area contributed by atoms with E-state index in [0.717, 1.165) is 0 Å². The van der Waals surface area contributed by atoms with Gasteiger partial charge in [-0.25, -0.2) is 9.97 Å². The average Bonchev–Trinajstić information content (AvgIpc) is 2.92. The highest BCUT2D eigenvalue weighted by atomic mass is 16.5. The van der Waals surface area contributed by atoms with Crippen molar-refractivity contribution in [2.24, 2.45) is 10.8 Å². The summed E-state index contributed by atoms with van der Waals surface area (Å²) in [5, 5.41) is 3.24. The van der Waals surface area contributed by atoms with E-state index < -0.39 is 0 Å². The number of hydrogen-bond acceptors (Lipinski definition) is 5. The van der Waals surface area contributed by atoms with Gasteiger partial charge in [-0.05, 0) is 10.8 Å². The Balaban J connectivity index is 0. The minimum Gasteiger partial charge on any atom is -0.452 e. The lowest BCUT2D eigenvalue weighted by atomic mass is 10.0. The van der Waals surface area contributed by atoms with Gasteiger partial charge in [0, 0.05) is 0 Å². The lowest BCUT2D eigenvalue weighted by Crippen LogP contribution is -1.93. The Morgan fingerprint density at radius 2 is 1.25 bits per heavy atom. The molecule has 5 heteroatoms. The van der Waals surface area contributed by atoms with Gasteiger partial charge in [-0.1, -0.05) is 60.5 Å². The van der Waals surface area contributed by atoms with Crippen molar-refractivity contribution >= 4 is 0 Å². The van der Waals surface area contributed by atoms with Crippen LogP contribution in [0.1, 0.15) is 55.4 Å². The molecule has 0 aliphatic heterocycles. The molecule has 0 saturated heterocycles. The van der Waals surface area contributed by atoms with E-state index in [1.54, 1.807) is 6.20 Å². The maximum atomic E-state index is 4.47. The van der Waals surface area contributed by atoms with Crippen LogP contribution in [0.25, 0.3) is 0 Å². The van der Waals surface area contributed by atoms with Gasteiger partial charge in [0.2, 0.25) is 6.39 Å². The van der Waals surface area contributed by atoms with E-state index >= 15 is 0 Å². The molecule has 0 aliphatic rings. The summed E-state index contributed by atoms with van der Waals surface area (Å²) in [6, 6.07) is 0. The van der Waals surface area contributed by atoms with Crippen molar-refractivity contribution in [3.05, 3.63) is 31.6 Å². The second-order valence-corrected chi connectivity index (χ2v) is 7.26. The summed E-state index contributed by atoms with van der Waals surface area (Å²) in [6.07, 6.45) is 7.07. The fraction of sp³-hybridized carbons (Fsp3) is 0.667. The Bertz CT molecular complexity index is 272. The first kappa shape index (κ1) is 20.7. The predicted molar refractivity (Wildman–Crippen MR) is 81.1 cm³/mol. The van der Waals surface area contributed by atoms with Crippen LogP contribution in [0, 0.1) is 10.8 Å². The highest BCUT2D eigenvalue weighted by Crippen LogP contribution is 2.08. The second-order valence-electron chi connectivity index (χ2n) is 7.26. The maximum Gasteiger partial charge on any atom is 0.213 e. The van der Waals surface area contributed by atoms with Crippen LogP contribution in [0.3, 0.4) is 0 Å². The van der Waals surface area contributed by atoms with Crippen LogP contribution in [-0.2, 0) is 0 Å². The SMILES string of the molecule is CC(C)(C)C.CC(C)(C)C.c1cocn1.c1ncon1. The third-order valence-corrected chi connectivity index (χ3v) is 0.630. The summed E-state index contributed by atoms with van der Waals surface area (Å²) in [4.78, 5) is 7.00. The molecule has 0 radical (unpaired) electrons. The molecule has 0 aliphatic carbocycles. The van der Waals surface area contributed by atoms with Crippen molar-refractivity contribution in [2.75, 3.05) is 0 Å². The molecule has 116 valence electrons. The first-order valence-corrected chi connectivity index (χ1v) is 6.51. The van der Waals surface area contributed by atoms with Gasteiger partial charge in [0.1, 0.15) is 6.26 Å². The fourth-order valence-electron chi connectivity index (χ4n) is 0.312. The van der Waals surface area contributed by atoms with Gasteiger partial charge in [0.15, 0.2) is 12.7 Å². The van der Waals surface area contributed by atoms with Gasteiger partial charge in [-0.2, -0.15) is 0 Å². The fourth-order valence-corrected chi connectivity index (χ4v) is 0.312. The smallest absolute Gasteiger partial charge is 0.213 e. The van der Waals surface area contributed by atoms with E-state index in [2.05, 4.69) is 79.5 Å². The summed E-state index contributed by atoms with van der Waals surface area (Å²) < 4.78 is 8.69. The van der Waals surface area contributed by atoms with Crippen molar-refractivity contribution in [3.8, 4) is 0 Å². The quantitative estimate of drug-likeness (QED) is 0.691. The topological polar surface area (TPSA) is 65.0 Å². The molecule has 0 N–H and O–H groups in total. The highest BCUT2D eigenvalue weighted by Gasteiger charge is 1.96. The van der Waals surface area contributed by atoms with Crippen LogP contribution in [0.5, 0.6) is 0 Å². The molecule has 0 aromatic carbocycles. The van der Waals surface area contributed by atoms with E-state index in [1.807, 2.05) is 0 Å². The van der Waals surface area contributed by atoms with Gasteiger partial charge in [-0.3, -0.25) is 0 Å². The van der Waals surface area contributed by atoms with Gasteiger partial charge in [-0.15, -0.1) is 0 Å². The molecule has 2 heterocycles. The van der Waals surface area contributed by atoms with Crippen LogP contribution in [0.15, 0.2) is 40.5 Å². The maximum absolute atomic E-state index is 4.47. The first-order chi connectivity index (χ1) is 9.00. The molecule has 2 aromatic rings. The Hall–Kier alpha value is -1.65. The van der Waals surface area contributed by atoms with Crippen LogP contribution >= 0.6 is 0 Å². The summed E-state index contributed by atoms with van der Waals surface area (Å²) in [6.45, 7) is 17.5. The first-order valence-electron chi connectivity index (χ1n) is 6.51. The van der Waals surface area contributed by atoms with Gasteiger partial charge in [0.05, 0.1) is 6.20 Å². The summed E-state index contributed by atoms with van der Waals surface area (Å²) in [7, 11) is 0. The summed E-state index contributed by atoms with van der Waals surface area (Å²) in [5.41, 5.74) is 1.00. The normalized spacial score (nSPS) is 10.0. The molecule has 2 rings (SSSR count). The summed E-state index contributed by atoms with van der Waals surface area (Å²) in [5.74, 6) is 0. The molecule has 20 heavy (non-hydrogen) atoms. The van der Waals surface area contributed by atoms with Crippen molar-refractivity contribution in [1.29, 1.82) is 0 Å². The molecule has 0 unspecified atom stereocenters. The standard InChI is InChI=1S/2C5H12.C3H3NO.C2H2N2O/c2*1-5(2,3)4;1-2-5-3-4-1;1-3-2-5-4-1/h2*1-4H3;1-3H;1-2H. The molecule has 5 nitrogen and oxygen atoms in total. The minimum atomic E-state index is 0.500. The Morgan fingerprint density at radius 1 is 0.750 bits per heavy atom. The third kappa shape index (κ3) is 55.3. The van der Waals surface area contributed by atoms with Gasteiger partial charge >= 0.3 is 0 Å². The summed E-state index contributed by atoms with van der Waals surface area (Å²) >= 11 is 0. The van der Waals surface area contributed by atoms with E-state index in [-0.39, 0.29) is 0 Å². The Labute approximate surface area is 122 Å². The van der Waals surface area contributed by atoms with E-state index in [0.29, 0.717) is 10.8 Å². The van der Waals surface area contributed by atoms with Crippen LogP contribution in [0.2, 0.25) is 0 Å². The minimum absolute atomic E-state index is 0.500. The van der Waals surface area contributed by atoms with E-state index in [9.17, 15) is 0 Å². The molecular formula is C15H29N3O2. The average molecular weight is 283 g/mol. The molecule has 2 aromatic heterocycles. The number of nitrogens with zero attached hydrogens (tertiary/aromatic N) is 3. The zero-order chi connectivity index (χ0) is 16.1. The van der Waals surface area contributed by atoms with E-state index in [1.165, 1.54) is 25.4 Å². The van der Waals surface area contributed by atoms with Gasteiger partial charge in [0.25, 0.3) is 0 Å². The number of hydrogen-bond donors (Lipinski definition) is 0. The zero-order valence-corrected chi connectivity index (χ0v) is 14.0. The van der Waals surface area contributed by atoms with Crippen molar-refractivity contribution in [2.45, 2.75) is 55.4 Å². The molecule has 0 bridgehead atoms. The van der Waals surface area contributed by atoms with Crippen molar-refractivity contribution in [3.63, 3.8) is 0 Å².